The summed E-state index contributed by atoms with van der Waals surface area (Å²) in [6, 6.07) is 4.32. The Kier molecular flexibility index (Phi) is 3.42. The Morgan fingerprint density at radius 3 is 3.05 bits per heavy atom. The second kappa shape index (κ2) is 5.44. The molecule has 114 valence electrons. The third kappa shape index (κ3) is 2.52. The van der Waals surface area contributed by atoms with E-state index >= 15 is 0 Å². The lowest BCUT2D eigenvalue weighted by Crippen LogP contribution is -2.23. The Bertz CT molecular complexity index is 808. The average molecular weight is 362 g/mol. The number of nitrogens with zero attached hydrogens (tertiary/aromatic N) is 7. The molecule has 0 aromatic carbocycles. The van der Waals surface area contributed by atoms with Gasteiger partial charge in [-0.1, -0.05) is 0 Å². The summed E-state index contributed by atoms with van der Waals surface area (Å²) in [6.45, 7) is 4.74. The molecule has 0 saturated carbocycles. The fourth-order valence-corrected chi connectivity index (χ4v) is 3.21. The number of likely N-dealkylation sites (tertiary alicyclic amines) is 1. The minimum atomic E-state index is 0.417. The molecule has 8 heteroatoms. The van der Waals surface area contributed by atoms with E-state index in [1.807, 2.05) is 40.6 Å². The van der Waals surface area contributed by atoms with Gasteiger partial charge in [0.15, 0.2) is 11.5 Å². The number of hydrogen-bond acceptors (Lipinski definition) is 5. The fraction of sp³-hybridized carbons (Fsp3) is 0.429. The van der Waals surface area contributed by atoms with Crippen LogP contribution in [-0.4, -0.2) is 47.6 Å². The van der Waals surface area contributed by atoms with E-state index in [0.29, 0.717) is 6.04 Å². The Morgan fingerprint density at radius 1 is 1.32 bits per heavy atom. The number of fused-ring (bicyclic) bond motifs is 1. The van der Waals surface area contributed by atoms with E-state index in [2.05, 4.69) is 41.2 Å². The van der Waals surface area contributed by atoms with Crippen LogP contribution in [0.1, 0.15) is 24.0 Å². The number of rotatable bonds is 3. The van der Waals surface area contributed by atoms with Crippen LogP contribution in [0.5, 0.6) is 0 Å². The molecule has 22 heavy (non-hydrogen) atoms. The largest absolute Gasteiger partial charge is 0.294 e. The van der Waals surface area contributed by atoms with Gasteiger partial charge in [-0.05, 0) is 41.4 Å². The van der Waals surface area contributed by atoms with Gasteiger partial charge in [0, 0.05) is 19.3 Å². The first kappa shape index (κ1) is 13.8. The Balaban J connectivity index is 1.50. The van der Waals surface area contributed by atoms with E-state index < -0.39 is 0 Å². The zero-order valence-corrected chi connectivity index (χ0v) is 13.8. The van der Waals surface area contributed by atoms with Crippen LogP contribution >= 0.6 is 15.9 Å². The highest BCUT2D eigenvalue weighted by Crippen LogP contribution is 2.23. The molecular formula is C14H16BrN7. The molecular weight excluding hydrogens is 346 g/mol. The van der Waals surface area contributed by atoms with E-state index in [9.17, 15) is 0 Å². The van der Waals surface area contributed by atoms with E-state index in [1.165, 1.54) is 0 Å². The lowest BCUT2D eigenvalue weighted by molar-refractivity contribution is 0.301. The summed E-state index contributed by atoms with van der Waals surface area (Å²) in [7, 11) is 0. The summed E-state index contributed by atoms with van der Waals surface area (Å²) in [6.07, 6.45) is 4.96. The Labute approximate surface area is 136 Å². The molecule has 1 unspecified atom stereocenters. The molecule has 3 aromatic heterocycles. The monoisotopic (exact) mass is 361 g/mol. The molecule has 1 saturated heterocycles. The smallest absolute Gasteiger partial charge is 0.177 e. The molecule has 0 N–H and O–H groups in total. The molecule has 3 aromatic rings. The molecule has 4 rings (SSSR count). The van der Waals surface area contributed by atoms with Gasteiger partial charge < -0.3 is 0 Å². The summed E-state index contributed by atoms with van der Waals surface area (Å²) >= 11 is 3.45. The summed E-state index contributed by atoms with van der Waals surface area (Å²) < 4.78 is 4.90. The van der Waals surface area contributed by atoms with Crippen molar-refractivity contribution in [3.05, 3.63) is 40.5 Å². The van der Waals surface area contributed by atoms with Crippen molar-refractivity contribution in [2.45, 2.75) is 25.9 Å². The maximum atomic E-state index is 4.50. The van der Waals surface area contributed by atoms with Gasteiger partial charge in [-0.25, -0.2) is 0 Å². The van der Waals surface area contributed by atoms with Crippen LogP contribution in [0.2, 0.25) is 0 Å². The number of halogens is 1. The summed E-state index contributed by atoms with van der Waals surface area (Å²) in [5.74, 6) is 0.890. The second-order valence-electron chi connectivity index (χ2n) is 5.68. The first-order valence-corrected chi connectivity index (χ1v) is 8.08. The van der Waals surface area contributed by atoms with Gasteiger partial charge in [-0.2, -0.15) is 14.7 Å². The lowest BCUT2D eigenvalue weighted by Gasteiger charge is -2.14. The zero-order chi connectivity index (χ0) is 15.1. The normalized spacial score (nSPS) is 19.3. The molecule has 1 aliphatic rings. The van der Waals surface area contributed by atoms with Crippen molar-refractivity contribution >= 4 is 21.6 Å². The van der Waals surface area contributed by atoms with Gasteiger partial charge in [0.25, 0.3) is 0 Å². The SMILES string of the molecule is Cc1ccc2nnc(CN3CCC(n4cc(Br)cn4)C3)n2n1. The highest BCUT2D eigenvalue weighted by Gasteiger charge is 2.25. The van der Waals surface area contributed by atoms with Crippen molar-refractivity contribution in [3.63, 3.8) is 0 Å². The third-order valence-corrected chi connectivity index (χ3v) is 4.43. The van der Waals surface area contributed by atoms with Gasteiger partial charge in [-0.15, -0.1) is 10.2 Å². The Hall–Kier alpha value is -1.80. The number of hydrogen-bond donors (Lipinski definition) is 0. The minimum absolute atomic E-state index is 0.417. The maximum Gasteiger partial charge on any atom is 0.177 e. The van der Waals surface area contributed by atoms with Crippen LogP contribution in [0.4, 0.5) is 0 Å². The third-order valence-electron chi connectivity index (χ3n) is 4.02. The van der Waals surface area contributed by atoms with Gasteiger partial charge in [-0.3, -0.25) is 9.58 Å². The fourth-order valence-electron chi connectivity index (χ4n) is 2.91. The average Bonchev–Trinajstić information content (AvgIpc) is 3.20. The molecule has 0 spiro atoms. The van der Waals surface area contributed by atoms with Crippen LogP contribution in [-0.2, 0) is 6.54 Å². The van der Waals surface area contributed by atoms with Gasteiger partial charge in [0.2, 0.25) is 0 Å². The van der Waals surface area contributed by atoms with Gasteiger partial charge in [0.05, 0.1) is 29.0 Å². The molecule has 7 nitrogen and oxygen atoms in total. The number of aromatic nitrogens is 6. The predicted molar refractivity (Wildman–Crippen MR) is 84.4 cm³/mol. The van der Waals surface area contributed by atoms with Crippen LogP contribution in [0, 0.1) is 6.92 Å². The van der Waals surface area contributed by atoms with Crippen molar-refractivity contribution in [1.82, 2.24) is 34.5 Å². The minimum Gasteiger partial charge on any atom is -0.294 e. The highest BCUT2D eigenvalue weighted by molar-refractivity contribution is 9.10. The molecule has 0 amide bonds. The van der Waals surface area contributed by atoms with Gasteiger partial charge in [0.1, 0.15) is 0 Å². The maximum absolute atomic E-state index is 4.50. The molecule has 1 fully saturated rings. The van der Waals surface area contributed by atoms with Crippen molar-refractivity contribution in [2.75, 3.05) is 13.1 Å². The predicted octanol–water partition coefficient (Wildman–Crippen LogP) is 1.84. The molecule has 0 aliphatic carbocycles. The molecule has 4 heterocycles. The van der Waals surface area contributed by atoms with Crippen LogP contribution in [0.3, 0.4) is 0 Å². The summed E-state index contributed by atoms with van der Waals surface area (Å²) in [5, 5.41) is 17.4. The van der Waals surface area contributed by atoms with Crippen molar-refractivity contribution in [1.29, 1.82) is 0 Å². The van der Waals surface area contributed by atoms with E-state index in [1.54, 1.807) is 0 Å². The van der Waals surface area contributed by atoms with Crippen molar-refractivity contribution in [3.8, 4) is 0 Å². The first-order valence-electron chi connectivity index (χ1n) is 7.29. The Morgan fingerprint density at radius 2 is 2.23 bits per heavy atom. The zero-order valence-electron chi connectivity index (χ0n) is 12.2. The van der Waals surface area contributed by atoms with Gasteiger partial charge >= 0.3 is 0 Å². The van der Waals surface area contributed by atoms with Crippen molar-refractivity contribution in [2.24, 2.45) is 0 Å². The molecule has 1 aliphatic heterocycles. The standard InChI is InChI=1S/C14H16BrN7/c1-10-2-3-13-17-18-14(22(13)19-10)9-20-5-4-12(8-20)21-7-11(15)6-16-21/h2-3,6-7,12H,4-5,8-9H2,1H3. The van der Waals surface area contributed by atoms with Crippen molar-refractivity contribution < 1.29 is 0 Å². The topological polar surface area (TPSA) is 64.1 Å². The van der Waals surface area contributed by atoms with Crippen LogP contribution in [0.15, 0.2) is 29.0 Å². The molecule has 0 radical (unpaired) electrons. The summed E-state index contributed by atoms with van der Waals surface area (Å²) in [4.78, 5) is 2.38. The molecule has 0 bridgehead atoms. The van der Waals surface area contributed by atoms with E-state index in [4.69, 9.17) is 0 Å². The number of aryl methyl sites for hydroxylation is 1. The second-order valence-corrected chi connectivity index (χ2v) is 6.59. The molecule has 1 atom stereocenters. The highest BCUT2D eigenvalue weighted by atomic mass is 79.9. The van der Waals surface area contributed by atoms with Crippen LogP contribution < -0.4 is 0 Å². The first-order chi connectivity index (χ1) is 10.7. The lowest BCUT2D eigenvalue weighted by atomic mass is 10.3. The van der Waals surface area contributed by atoms with E-state index in [0.717, 1.165) is 47.7 Å². The summed E-state index contributed by atoms with van der Waals surface area (Å²) in [5.41, 5.74) is 1.77. The van der Waals surface area contributed by atoms with E-state index in [-0.39, 0.29) is 0 Å². The van der Waals surface area contributed by atoms with Crippen LogP contribution in [0.25, 0.3) is 5.65 Å². The quantitative estimate of drug-likeness (QED) is 0.712.